The molecule has 3 aromatic rings. The summed E-state index contributed by atoms with van der Waals surface area (Å²) in [6, 6.07) is 15.6. The first-order chi connectivity index (χ1) is 14.5. The van der Waals surface area contributed by atoms with Crippen LogP contribution < -0.4 is 10.2 Å². The van der Waals surface area contributed by atoms with Crippen LogP contribution in [-0.4, -0.2) is 28.1 Å². The number of nitrogens with zero attached hydrogens (tertiary/aromatic N) is 3. The zero-order valence-corrected chi connectivity index (χ0v) is 16.5. The summed E-state index contributed by atoms with van der Waals surface area (Å²) >= 11 is 0. The number of para-hydroxylation sites is 1. The molecule has 0 spiro atoms. The van der Waals surface area contributed by atoms with Gasteiger partial charge in [-0.15, -0.1) is 0 Å². The Bertz CT molecular complexity index is 1140. The van der Waals surface area contributed by atoms with Gasteiger partial charge in [-0.2, -0.15) is 5.10 Å². The summed E-state index contributed by atoms with van der Waals surface area (Å²) in [7, 11) is 0. The maximum Gasteiger partial charge on any atom is 0.316 e. The highest BCUT2D eigenvalue weighted by molar-refractivity contribution is 6.44. The van der Waals surface area contributed by atoms with E-state index >= 15 is 0 Å². The van der Waals surface area contributed by atoms with Crippen molar-refractivity contribution in [2.24, 2.45) is 5.92 Å². The highest BCUT2D eigenvalue weighted by atomic mass is 19.1. The van der Waals surface area contributed by atoms with Crippen LogP contribution >= 0.6 is 0 Å². The van der Waals surface area contributed by atoms with Crippen molar-refractivity contribution in [3.63, 3.8) is 0 Å². The molecule has 2 aliphatic rings. The van der Waals surface area contributed by atoms with Crippen LogP contribution in [0.2, 0.25) is 0 Å². The summed E-state index contributed by atoms with van der Waals surface area (Å²) in [6.07, 6.45) is 1.59. The fourth-order valence-electron chi connectivity index (χ4n) is 4.04. The van der Waals surface area contributed by atoms with Crippen LogP contribution in [0, 0.1) is 11.7 Å². The molecule has 5 rings (SSSR count). The molecule has 2 heterocycles. The fraction of sp³-hybridized carbons (Fsp3) is 0.261. The van der Waals surface area contributed by atoms with Gasteiger partial charge in [0, 0.05) is 24.2 Å². The van der Waals surface area contributed by atoms with Gasteiger partial charge in [-0.25, -0.2) is 9.07 Å². The van der Waals surface area contributed by atoms with Crippen molar-refractivity contribution >= 4 is 23.3 Å². The van der Waals surface area contributed by atoms with E-state index in [1.807, 2.05) is 36.4 Å². The number of aromatic nitrogens is 2. The highest BCUT2D eigenvalue weighted by Crippen LogP contribution is 2.47. The van der Waals surface area contributed by atoms with E-state index in [-0.39, 0.29) is 5.82 Å². The third kappa shape index (κ3) is 3.26. The molecular weight excluding hydrogens is 383 g/mol. The van der Waals surface area contributed by atoms with E-state index in [1.54, 1.807) is 10.7 Å². The Kier molecular flexibility index (Phi) is 4.38. The topological polar surface area (TPSA) is 67.2 Å². The van der Waals surface area contributed by atoms with Gasteiger partial charge in [0.2, 0.25) is 0 Å². The number of hydrogen-bond acceptors (Lipinski definition) is 3. The van der Waals surface area contributed by atoms with E-state index in [0.29, 0.717) is 36.3 Å². The van der Waals surface area contributed by atoms with Gasteiger partial charge in [-0.3, -0.25) is 9.59 Å². The third-order valence-electron chi connectivity index (χ3n) is 5.84. The summed E-state index contributed by atoms with van der Waals surface area (Å²) in [5.41, 5.74) is 3.04. The average molecular weight is 404 g/mol. The Morgan fingerprint density at radius 3 is 2.63 bits per heavy atom. The maximum atomic E-state index is 13.4. The standard InChI is InChI=1S/C23H21FN4O2/c1-14-11-18(14)19-13-21(28(26-19)17-5-3-2-4-6-17)25-22(29)23(30)27-10-9-15-12-16(24)7-8-20(15)27/h2-8,12-14,18H,9-11H2,1H3,(H,25,29)/t14-,18+/m0/s1. The molecule has 1 fully saturated rings. The predicted molar refractivity (Wildman–Crippen MR) is 111 cm³/mol. The molecular formula is C23H21FN4O2. The van der Waals surface area contributed by atoms with Crippen LogP contribution in [0.1, 0.15) is 30.5 Å². The first kappa shape index (κ1) is 18.5. The monoisotopic (exact) mass is 404 g/mol. The van der Waals surface area contributed by atoms with Gasteiger partial charge >= 0.3 is 11.8 Å². The molecule has 1 N–H and O–H groups in total. The number of halogens is 1. The molecule has 152 valence electrons. The van der Waals surface area contributed by atoms with Gasteiger partial charge in [0.1, 0.15) is 11.6 Å². The van der Waals surface area contributed by atoms with Gasteiger partial charge in [0.05, 0.1) is 11.4 Å². The van der Waals surface area contributed by atoms with Crippen molar-refractivity contribution in [3.05, 3.63) is 71.7 Å². The Morgan fingerprint density at radius 2 is 1.90 bits per heavy atom. The van der Waals surface area contributed by atoms with Crippen molar-refractivity contribution in [3.8, 4) is 5.69 Å². The molecule has 0 radical (unpaired) electrons. The molecule has 1 aromatic heterocycles. The molecule has 2 amide bonds. The quantitative estimate of drug-likeness (QED) is 0.678. The van der Waals surface area contributed by atoms with Crippen LogP contribution in [0.15, 0.2) is 54.6 Å². The summed E-state index contributed by atoms with van der Waals surface area (Å²) in [5, 5.41) is 7.43. The van der Waals surface area contributed by atoms with Gasteiger partial charge in [0.25, 0.3) is 0 Å². The molecule has 7 heteroatoms. The first-order valence-corrected chi connectivity index (χ1v) is 10.1. The minimum atomic E-state index is -0.736. The van der Waals surface area contributed by atoms with E-state index in [4.69, 9.17) is 0 Å². The number of benzene rings is 2. The Morgan fingerprint density at radius 1 is 1.13 bits per heavy atom. The van der Waals surface area contributed by atoms with Crippen molar-refractivity contribution < 1.29 is 14.0 Å². The molecule has 1 saturated carbocycles. The molecule has 2 aromatic carbocycles. The number of rotatable bonds is 3. The van der Waals surface area contributed by atoms with E-state index < -0.39 is 11.8 Å². The van der Waals surface area contributed by atoms with Gasteiger partial charge in [-0.1, -0.05) is 25.1 Å². The minimum absolute atomic E-state index is 0.346. The summed E-state index contributed by atoms with van der Waals surface area (Å²) in [6.45, 7) is 2.52. The second kappa shape index (κ2) is 7.09. The third-order valence-corrected chi connectivity index (χ3v) is 5.84. The predicted octanol–water partition coefficient (Wildman–Crippen LogP) is 3.66. The Hall–Kier alpha value is -3.48. The zero-order chi connectivity index (χ0) is 20.8. The van der Waals surface area contributed by atoms with Crippen LogP contribution in [0.3, 0.4) is 0 Å². The molecule has 2 atom stereocenters. The van der Waals surface area contributed by atoms with E-state index in [9.17, 15) is 14.0 Å². The van der Waals surface area contributed by atoms with Crippen LogP contribution in [-0.2, 0) is 16.0 Å². The normalized spacial score (nSPS) is 19.5. The SMILES string of the molecule is C[C@H]1C[C@H]1c1cc(NC(=O)C(=O)N2CCc3cc(F)ccc32)n(-c2ccccc2)n1. The molecule has 6 nitrogen and oxygen atoms in total. The molecule has 0 bridgehead atoms. The summed E-state index contributed by atoms with van der Waals surface area (Å²) in [4.78, 5) is 27.0. The van der Waals surface area contributed by atoms with Crippen molar-refractivity contribution in [1.29, 1.82) is 0 Å². The largest absolute Gasteiger partial charge is 0.316 e. The van der Waals surface area contributed by atoms with Crippen LogP contribution in [0.4, 0.5) is 15.9 Å². The smallest absolute Gasteiger partial charge is 0.304 e. The number of hydrogen-bond donors (Lipinski definition) is 1. The minimum Gasteiger partial charge on any atom is -0.304 e. The average Bonchev–Trinajstić information content (AvgIpc) is 3.14. The maximum absolute atomic E-state index is 13.4. The number of carbonyl (C=O) groups excluding carboxylic acids is 2. The molecule has 1 aliphatic carbocycles. The lowest BCUT2D eigenvalue weighted by Crippen LogP contribution is -2.39. The fourth-order valence-corrected chi connectivity index (χ4v) is 4.04. The lowest BCUT2D eigenvalue weighted by molar-refractivity contribution is -0.134. The summed E-state index contributed by atoms with van der Waals surface area (Å²) in [5.74, 6) is -0.340. The van der Waals surface area contributed by atoms with E-state index in [0.717, 1.165) is 23.4 Å². The lowest BCUT2D eigenvalue weighted by atomic mass is 10.2. The number of anilines is 2. The zero-order valence-electron chi connectivity index (χ0n) is 16.5. The first-order valence-electron chi connectivity index (χ1n) is 10.1. The van der Waals surface area contributed by atoms with E-state index in [1.165, 1.54) is 17.0 Å². The molecule has 1 aliphatic heterocycles. The van der Waals surface area contributed by atoms with Crippen molar-refractivity contribution in [1.82, 2.24) is 9.78 Å². The number of nitrogens with one attached hydrogen (secondary N) is 1. The second-order valence-corrected chi connectivity index (χ2v) is 7.96. The van der Waals surface area contributed by atoms with Crippen molar-refractivity contribution in [2.45, 2.75) is 25.7 Å². The van der Waals surface area contributed by atoms with Gasteiger partial charge < -0.3 is 10.2 Å². The van der Waals surface area contributed by atoms with Crippen LogP contribution in [0.25, 0.3) is 5.69 Å². The highest BCUT2D eigenvalue weighted by Gasteiger charge is 2.37. The van der Waals surface area contributed by atoms with E-state index in [2.05, 4.69) is 17.3 Å². The number of carbonyl (C=O) groups is 2. The Balaban J connectivity index is 1.41. The number of fused-ring (bicyclic) bond motifs is 1. The molecule has 0 unspecified atom stereocenters. The molecule has 30 heavy (non-hydrogen) atoms. The molecule has 0 saturated heterocycles. The summed E-state index contributed by atoms with van der Waals surface area (Å²) < 4.78 is 15.1. The lowest BCUT2D eigenvalue weighted by Gasteiger charge is -2.17. The Labute approximate surface area is 173 Å². The van der Waals surface area contributed by atoms with Crippen molar-refractivity contribution in [2.75, 3.05) is 16.8 Å². The number of amides is 2. The van der Waals surface area contributed by atoms with Gasteiger partial charge in [0.15, 0.2) is 0 Å². The second-order valence-electron chi connectivity index (χ2n) is 7.96. The van der Waals surface area contributed by atoms with Gasteiger partial charge in [-0.05, 0) is 54.7 Å². The van der Waals surface area contributed by atoms with Crippen LogP contribution in [0.5, 0.6) is 0 Å².